The van der Waals surface area contributed by atoms with Crippen LogP contribution >= 0.6 is 0 Å². The smallest absolute Gasteiger partial charge is 0.259 e. The summed E-state index contributed by atoms with van der Waals surface area (Å²) in [5.74, 6) is 1.04. The zero-order valence-corrected chi connectivity index (χ0v) is 13.3. The maximum Gasteiger partial charge on any atom is 0.259 e. The summed E-state index contributed by atoms with van der Waals surface area (Å²) in [6, 6.07) is 7.53. The Morgan fingerprint density at radius 1 is 1.33 bits per heavy atom. The standard InChI is InChI=1S/C16H23N3O2/c1-6-21-12-10-8-7-9-11(12)16(5)13(20)17-14(19-16)18-15(2,3)4/h7-10H,6H2,1-5H3,(H2,17,18,19,20). The van der Waals surface area contributed by atoms with Gasteiger partial charge < -0.3 is 10.1 Å². The van der Waals surface area contributed by atoms with Crippen LogP contribution in [0.3, 0.4) is 0 Å². The Kier molecular flexibility index (Phi) is 3.94. The van der Waals surface area contributed by atoms with Crippen LogP contribution in [0.25, 0.3) is 0 Å². The second-order valence-electron chi connectivity index (χ2n) is 6.29. The number of nitrogens with zero attached hydrogens (tertiary/aromatic N) is 1. The highest BCUT2D eigenvalue weighted by atomic mass is 16.5. The molecule has 1 aromatic carbocycles. The lowest BCUT2D eigenvalue weighted by Gasteiger charge is -2.21. The van der Waals surface area contributed by atoms with Crippen molar-refractivity contribution in [1.29, 1.82) is 0 Å². The molecule has 1 atom stereocenters. The highest BCUT2D eigenvalue weighted by Gasteiger charge is 2.43. The number of hydrogen-bond donors (Lipinski definition) is 2. The van der Waals surface area contributed by atoms with Gasteiger partial charge in [0.05, 0.1) is 6.61 Å². The summed E-state index contributed by atoms with van der Waals surface area (Å²) in [6.45, 7) is 10.3. The average Bonchev–Trinajstić information content (AvgIpc) is 2.64. The minimum absolute atomic E-state index is 0.151. The minimum Gasteiger partial charge on any atom is -0.493 e. The van der Waals surface area contributed by atoms with E-state index >= 15 is 0 Å². The van der Waals surface area contributed by atoms with Gasteiger partial charge in [0.25, 0.3) is 5.91 Å². The first kappa shape index (κ1) is 15.4. The molecule has 0 fully saturated rings. The maximum atomic E-state index is 12.4. The van der Waals surface area contributed by atoms with Crippen molar-refractivity contribution < 1.29 is 9.53 Å². The molecule has 0 radical (unpaired) electrons. The number of benzene rings is 1. The van der Waals surface area contributed by atoms with Crippen LogP contribution in [0.4, 0.5) is 0 Å². The van der Waals surface area contributed by atoms with Crippen LogP contribution in [0.2, 0.25) is 0 Å². The predicted octanol–water partition coefficient (Wildman–Crippen LogP) is 2.17. The molecule has 0 bridgehead atoms. The molecule has 0 aromatic heterocycles. The molecule has 5 nitrogen and oxygen atoms in total. The third-order valence-electron chi connectivity index (χ3n) is 3.21. The van der Waals surface area contributed by atoms with Crippen LogP contribution < -0.4 is 15.4 Å². The summed E-state index contributed by atoms with van der Waals surface area (Å²) < 4.78 is 5.63. The minimum atomic E-state index is -0.973. The van der Waals surface area contributed by atoms with Gasteiger partial charge in [-0.25, -0.2) is 4.99 Å². The van der Waals surface area contributed by atoms with Gasteiger partial charge in [-0.05, 0) is 40.7 Å². The number of para-hydroxylation sites is 1. The molecular weight excluding hydrogens is 266 g/mol. The molecule has 1 aliphatic heterocycles. The first-order valence-corrected chi connectivity index (χ1v) is 7.18. The zero-order chi connectivity index (χ0) is 15.7. The van der Waals surface area contributed by atoms with Crippen molar-refractivity contribution in [3.05, 3.63) is 29.8 Å². The van der Waals surface area contributed by atoms with Crippen molar-refractivity contribution in [3.8, 4) is 5.75 Å². The molecule has 2 rings (SSSR count). The van der Waals surface area contributed by atoms with Crippen molar-refractivity contribution in [2.75, 3.05) is 6.61 Å². The second kappa shape index (κ2) is 5.39. The summed E-state index contributed by atoms with van der Waals surface area (Å²) in [5, 5.41) is 6.02. The van der Waals surface area contributed by atoms with Gasteiger partial charge in [-0.2, -0.15) is 0 Å². The van der Waals surface area contributed by atoms with Crippen LogP contribution in [-0.2, 0) is 10.3 Å². The van der Waals surface area contributed by atoms with Crippen molar-refractivity contribution in [3.63, 3.8) is 0 Å². The lowest BCUT2D eigenvalue weighted by Crippen LogP contribution is -2.47. The van der Waals surface area contributed by atoms with Gasteiger partial charge in [-0.3, -0.25) is 10.1 Å². The highest BCUT2D eigenvalue weighted by molar-refractivity contribution is 6.07. The first-order chi connectivity index (χ1) is 9.76. The van der Waals surface area contributed by atoms with Crippen molar-refractivity contribution in [2.45, 2.75) is 45.7 Å². The van der Waals surface area contributed by atoms with Crippen LogP contribution in [0.1, 0.15) is 40.2 Å². The van der Waals surface area contributed by atoms with E-state index in [1.807, 2.05) is 52.0 Å². The maximum absolute atomic E-state index is 12.4. The van der Waals surface area contributed by atoms with E-state index in [0.29, 0.717) is 18.3 Å². The van der Waals surface area contributed by atoms with E-state index in [-0.39, 0.29) is 11.4 Å². The van der Waals surface area contributed by atoms with E-state index in [2.05, 4.69) is 15.6 Å². The molecule has 0 aliphatic carbocycles. The van der Waals surface area contributed by atoms with E-state index in [1.165, 1.54) is 0 Å². The third-order valence-corrected chi connectivity index (χ3v) is 3.21. The number of rotatable bonds is 3. The molecule has 1 unspecified atom stereocenters. The van der Waals surface area contributed by atoms with Gasteiger partial charge in [-0.1, -0.05) is 18.2 Å². The average molecular weight is 289 g/mol. The van der Waals surface area contributed by atoms with Crippen LogP contribution in [0.5, 0.6) is 5.75 Å². The summed E-state index contributed by atoms with van der Waals surface area (Å²) in [5.41, 5.74) is -0.370. The third kappa shape index (κ3) is 3.17. The summed E-state index contributed by atoms with van der Waals surface area (Å²) >= 11 is 0. The largest absolute Gasteiger partial charge is 0.493 e. The SMILES string of the molecule is CCOc1ccccc1C1(C)N=C(NC(C)(C)C)NC1=O. The fraction of sp³-hybridized carbons (Fsp3) is 0.500. The number of nitrogens with one attached hydrogen (secondary N) is 2. The lowest BCUT2D eigenvalue weighted by molar-refractivity contribution is -0.123. The number of amides is 1. The molecule has 1 aromatic rings. The van der Waals surface area contributed by atoms with Crippen molar-refractivity contribution >= 4 is 11.9 Å². The van der Waals surface area contributed by atoms with Crippen LogP contribution in [0.15, 0.2) is 29.3 Å². The lowest BCUT2D eigenvalue weighted by atomic mass is 9.92. The number of carbonyl (C=O) groups excluding carboxylic acids is 1. The topological polar surface area (TPSA) is 62.7 Å². The van der Waals surface area contributed by atoms with E-state index in [1.54, 1.807) is 6.92 Å². The molecule has 21 heavy (non-hydrogen) atoms. The Labute approximate surface area is 125 Å². The molecule has 114 valence electrons. The molecule has 1 aliphatic rings. The fourth-order valence-electron chi connectivity index (χ4n) is 2.28. The molecule has 0 saturated carbocycles. The molecule has 2 N–H and O–H groups in total. The second-order valence-corrected chi connectivity index (χ2v) is 6.29. The molecular formula is C16H23N3O2. The molecule has 5 heteroatoms. The molecule has 1 amide bonds. The van der Waals surface area contributed by atoms with Gasteiger partial charge in [-0.15, -0.1) is 0 Å². The van der Waals surface area contributed by atoms with Crippen molar-refractivity contribution in [2.24, 2.45) is 4.99 Å². The fourth-order valence-corrected chi connectivity index (χ4v) is 2.28. The monoisotopic (exact) mass is 289 g/mol. The number of carbonyl (C=O) groups is 1. The first-order valence-electron chi connectivity index (χ1n) is 7.18. The van der Waals surface area contributed by atoms with E-state index in [0.717, 1.165) is 5.56 Å². The van der Waals surface area contributed by atoms with Gasteiger partial charge >= 0.3 is 0 Å². The number of aliphatic imine (C=N–C) groups is 1. The Morgan fingerprint density at radius 3 is 2.62 bits per heavy atom. The molecule has 0 saturated heterocycles. The van der Waals surface area contributed by atoms with Gasteiger partial charge in [0.2, 0.25) is 0 Å². The Bertz CT molecular complexity index is 575. The number of guanidine groups is 1. The van der Waals surface area contributed by atoms with E-state index in [9.17, 15) is 4.79 Å². The van der Waals surface area contributed by atoms with Gasteiger partial charge in [0.15, 0.2) is 11.5 Å². The summed E-state index contributed by atoms with van der Waals surface area (Å²) in [6.07, 6.45) is 0. The summed E-state index contributed by atoms with van der Waals surface area (Å²) in [4.78, 5) is 17.0. The van der Waals surface area contributed by atoms with Crippen LogP contribution in [-0.4, -0.2) is 24.0 Å². The number of ether oxygens (including phenoxy) is 1. The Balaban J connectivity index is 2.40. The Morgan fingerprint density at radius 2 is 2.00 bits per heavy atom. The normalized spacial score (nSPS) is 21.8. The highest BCUT2D eigenvalue weighted by Crippen LogP contribution is 2.35. The van der Waals surface area contributed by atoms with Crippen LogP contribution in [0, 0.1) is 0 Å². The number of hydrogen-bond acceptors (Lipinski definition) is 4. The van der Waals surface area contributed by atoms with E-state index in [4.69, 9.17) is 4.74 Å². The quantitative estimate of drug-likeness (QED) is 0.896. The van der Waals surface area contributed by atoms with Gasteiger partial charge in [0.1, 0.15) is 5.75 Å². The Hall–Kier alpha value is -2.04. The van der Waals surface area contributed by atoms with Crippen molar-refractivity contribution in [1.82, 2.24) is 10.6 Å². The molecule has 0 spiro atoms. The zero-order valence-electron chi connectivity index (χ0n) is 13.3. The summed E-state index contributed by atoms with van der Waals surface area (Å²) in [7, 11) is 0. The molecule has 1 heterocycles. The van der Waals surface area contributed by atoms with Gasteiger partial charge in [0, 0.05) is 11.1 Å². The predicted molar refractivity (Wildman–Crippen MR) is 83.4 cm³/mol. The van der Waals surface area contributed by atoms with E-state index < -0.39 is 5.54 Å².